The standard InChI is InChI=1S/C37H52N6O8/c1-20(2)28(29(44)23-12-13-23)40-35(49)41-31(37(3,4)5)34(48)43-19-25(51-36(50)42-15-14-22-8-6-7-9-24(22)18-42)17-27(43)33(47)39-26(16-21-10-11-21)30(45)32(38)46/h6-9,20-21,23,25-28,31H,10-19H2,1-5H3,(H2,38,46)(H,39,47)(H2,40,41,49)/t25-,26?,27+,28+,31-/m1/s1. The van der Waals surface area contributed by atoms with Crippen LogP contribution in [-0.2, 0) is 41.7 Å². The molecule has 0 spiro atoms. The van der Waals surface area contributed by atoms with Gasteiger partial charge in [0.15, 0.2) is 5.78 Å². The Morgan fingerprint density at radius 3 is 2.20 bits per heavy atom. The highest BCUT2D eigenvalue weighted by atomic mass is 16.6. The molecule has 14 nitrogen and oxygen atoms in total. The van der Waals surface area contributed by atoms with Gasteiger partial charge in [0.2, 0.25) is 17.6 Å². The Morgan fingerprint density at radius 1 is 0.941 bits per heavy atom. The van der Waals surface area contributed by atoms with Crippen LogP contribution in [-0.4, -0.2) is 94.6 Å². The molecule has 1 unspecified atom stereocenters. The summed E-state index contributed by atoms with van der Waals surface area (Å²) < 4.78 is 5.91. The first-order valence-electron chi connectivity index (χ1n) is 18.1. The van der Waals surface area contributed by atoms with Gasteiger partial charge in [0.25, 0.3) is 5.91 Å². The number of ether oxygens (including phenoxy) is 1. The highest BCUT2D eigenvalue weighted by Crippen LogP contribution is 2.35. The molecule has 2 aliphatic carbocycles. The number of nitrogens with zero attached hydrogens (tertiary/aromatic N) is 2. The van der Waals surface area contributed by atoms with E-state index in [0.29, 0.717) is 19.5 Å². The molecule has 3 fully saturated rings. The summed E-state index contributed by atoms with van der Waals surface area (Å²) in [4.78, 5) is 95.5. The van der Waals surface area contributed by atoms with E-state index in [9.17, 15) is 33.6 Å². The molecule has 2 aliphatic heterocycles. The monoisotopic (exact) mass is 708 g/mol. The van der Waals surface area contributed by atoms with Crippen LogP contribution in [0.15, 0.2) is 24.3 Å². The summed E-state index contributed by atoms with van der Waals surface area (Å²) in [6.45, 7) is 9.63. The molecule has 6 amide bonds. The van der Waals surface area contributed by atoms with Crippen molar-refractivity contribution >= 4 is 41.4 Å². The molecule has 5 N–H and O–H groups in total. The second-order valence-corrected chi connectivity index (χ2v) is 16.0. The van der Waals surface area contributed by atoms with E-state index in [1.807, 2.05) is 38.1 Å². The van der Waals surface area contributed by atoms with Crippen molar-refractivity contribution in [3.05, 3.63) is 35.4 Å². The number of amides is 6. The number of benzene rings is 1. The minimum atomic E-state index is -1.19. The lowest BCUT2D eigenvalue weighted by molar-refractivity contribution is -0.143. The van der Waals surface area contributed by atoms with Crippen molar-refractivity contribution in [2.24, 2.45) is 28.9 Å². The van der Waals surface area contributed by atoms with Crippen LogP contribution in [0, 0.1) is 23.2 Å². The van der Waals surface area contributed by atoms with Crippen LogP contribution in [0.2, 0.25) is 0 Å². The number of urea groups is 1. The van der Waals surface area contributed by atoms with Gasteiger partial charge in [-0.05, 0) is 54.1 Å². The first-order chi connectivity index (χ1) is 24.0. The van der Waals surface area contributed by atoms with E-state index < -0.39 is 71.3 Å². The van der Waals surface area contributed by atoms with Crippen molar-refractivity contribution in [1.82, 2.24) is 25.8 Å². The van der Waals surface area contributed by atoms with Gasteiger partial charge in [-0.3, -0.25) is 24.0 Å². The van der Waals surface area contributed by atoms with E-state index in [4.69, 9.17) is 10.5 Å². The molecule has 0 bridgehead atoms. The Bertz CT molecular complexity index is 1550. The Morgan fingerprint density at radius 2 is 1.61 bits per heavy atom. The average molecular weight is 709 g/mol. The maximum Gasteiger partial charge on any atom is 0.410 e. The second kappa shape index (κ2) is 15.4. The van der Waals surface area contributed by atoms with Gasteiger partial charge >= 0.3 is 12.1 Å². The van der Waals surface area contributed by atoms with E-state index in [0.717, 1.165) is 36.8 Å². The fourth-order valence-electron chi connectivity index (χ4n) is 6.92. The van der Waals surface area contributed by atoms with Crippen LogP contribution in [0.3, 0.4) is 0 Å². The zero-order chi connectivity index (χ0) is 37.2. The van der Waals surface area contributed by atoms with E-state index in [2.05, 4.69) is 16.0 Å². The lowest BCUT2D eigenvalue weighted by Gasteiger charge is -2.36. The van der Waals surface area contributed by atoms with Crippen LogP contribution in [0.1, 0.15) is 84.3 Å². The van der Waals surface area contributed by atoms with E-state index in [-0.39, 0.29) is 42.9 Å². The number of nitrogens with one attached hydrogen (secondary N) is 3. The van der Waals surface area contributed by atoms with Gasteiger partial charge < -0.3 is 36.2 Å². The number of ketones is 2. The number of nitrogens with two attached hydrogens (primary N) is 1. The number of rotatable bonds is 13. The first-order valence-corrected chi connectivity index (χ1v) is 18.1. The summed E-state index contributed by atoms with van der Waals surface area (Å²) in [5.74, 6) is -3.51. The molecule has 2 saturated carbocycles. The number of hydrogen-bond acceptors (Lipinski definition) is 8. The van der Waals surface area contributed by atoms with E-state index in [1.54, 1.807) is 25.7 Å². The zero-order valence-electron chi connectivity index (χ0n) is 30.2. The fourth-order valence-corrected chi connectivity index (χ4v) is 6.92. The molecule has 51 heavy (non-hydrogen) atoms. The predicted octanol–water partition coefficient (Wildman–Crippen LogP) is 2.21. The molecule has 1 saturated heterocycles. The highest BCUT2D eigenvalue weighted by Gasteiger charge is 2.48. The molecule has 0 radical (unpaired) electrons. The van der Waals surface area contributed by atoms with Gasteiger partial charge in [0.1, 0.15) is 18.2 Å². The SMILES string of the molecule is CC(C)[C@H](NC(=O)N[C@H](C(=O)N1C[C@H](OC(=O)N2CCc3ccccc3C2)C[C@H]1C(=O)NC(CC1CC1)C(=O)C(N)=O)C(C)(C)C)C(=O)C1CC1. The average Bonchev–Trinajstić information content (AvgIpc) is 4.02. The van der Waals surface area contributed by atoms with Crippen LogP contribution in [0.4, 0.5) is 9.59 Å². The number of fused-ring (bicyclic) bond motifs is 1. The van der Waals surface area contributed by atoms with Crippen molar-refractivity contribution in [2.75, 3.05) is 13.1 Å². The summed E-state index contributed by atoms with van der Waals surface area (Å²) >= 11 is 0. The van der Waals surface area contributed by atoms with E-state index in [1.165, 1.54) is 4.90 Å². The lowest BCUT2D eigenvalue weighted by Crippen LogP contribution is -2.61. The molecular weight excluding hydrogens is 656 g/mol. The third kappa shape index (κ3) is 9.44. The Labute approximate surface area is 298 Å². The maximum atomic E-state index is 14.4. The van der Waals surface area contributed by atoms with Gasteiger partial charge in [0.05, 0.1) is 18.6 Å². The molecule has 278 valence electrons. The van der Waals surface area contributed by atoms with Crippen LogP contribution >= 0.6 is 0 Å². The predicted molar refractivity (Wildman–Crippen MR) is 186 cm³/mol. The van der Waals surface area contributed by atoms with Crippen molar-refractivity contribution in [2.45, 2.75) is 116 Å². The molecule has 1 aromatic carbocycles. The Kier molecular flexibility index (Phi) is 11.4. The minimum absolute atomic E-state index is 0.0387. The third-order valence-electron chi connectivity index (χ3n) is 10.3. The Hall–Kier alpha value is -4.49. The topological polar surface area (TPSA) is 197 Å². The number of likely N-dealkylation sites (tertiary alicyclic amines) is 1. The number of carbonyl (C=O) groups is 7. The van der Waals surface area contributed by atoms with Crippen molar-refractivity contribution in [3.8, 4) is 0 Å². The zero-order valence-corrected chi connectivity index (χ0v) is 30.2. The largest absolute Gasteiger partial charge is 0.444 e. The summed E-state index contributed by atoms with van der Waals surface area (Å²) in [6.07, 6.45) is 2.67. The molecule has 0 aromatic heterocycles. The molecule has 4 aliphatic rings. The molecule has 2 heterocycles. The van der Waals surface area contributed by atoms with Gasteiger partial charge in [-0.25, -0.2) is 9.59 Å². The number of carbonyl (C=O) groups excluding carboxylic acids is 7. The van der Waals surface area contributed by atoms with Crippen LogP contribution < -0.4 is 21.7 Å². The lowest BCUT2D eigenvalue weighted by atomic mass is 9.85. The first kappa shape index (κ1) is 37.8. The van der Waals surface area contributed by atoms with Gasteiger partial charge in [-0.1, -0.05) is 71.7 Å². The number of Topliss-reactive ketones (excluding diaryl/α,β-unsaturated/α-hetero) is 2. The molecule has 14 heteroatoms. The van der Waals surface area contributed by atoms with Gasteiger partial charge in [-0.2, -0.15) is 0 Å². The number of primary amides is 1. The molecule has 1 aromatic rings. The summed E-state index contributed by atoms with van der Waals surface area (Å²) in [5, 5.41) is 8.19. The Balaban J connectivity index is 1.35. The van der Waals surface area contributed by atoms with Gasteiger partial charge in [-0.15, -0.1) is 0 Å². The van der Waals surface area contributed by atoms with Crippen molar-refractivity contribution in [1.29, 1.82) is 0 Å². The summed E-state index contributed by atoms with van der Waals surface area (Å²) in [5.41, 5.74) is 6.62. The minimum Gasteiger partial charge on any atom is -0.444 e. The smallest absolute Gasteiger partial charge is 0.410 e. The second-order valence-electron chi connectivity index (χ2n) is 16.0. The number of hydrogen-bond donors (Lipinski definition) is 4. The van der Waals surface area contributed by atoms with Gasteiger partial charge in [0, 0.05) is 25.4 Å². The fraction of sp³-hybridized carbons (Fsp3) is 0.649. The van der Waals surface area contributed by atoms with Crippen LogP contribution in [0.5, 0.6) is 0 Å². The maximum absolute atomic E-state index is 14.4. The highest BCUT2D eigenvalue weighted by molar-refractivity contribution is 6.37. The summed E-state index contributed by atoms with van der Waals surface area (Å²) in [7, 11) is 0. The van der Waals surface area contributed by atoms with E-state index >= 15 is 0 Å². The molecule has 5 atom stereocenters. The van der Waals surface area contributed by atoms with Crippen molar-refractivity contribution < 1.29 is 38.3 Å². The molecular formula is C37H52N6O8. The quantitative estimate of drug-likeness (QED) is 0.224. The molecule has 5 rings (SSSR count). The normalized spacial score (nSPS) is 21.9. The summed E-state index contributed by atoms with van der Waals surface area (Å²) in [6, 6.07) is 2.92. The van der Waals surface area contributed by atoms with Crippen molar-refractivity contribution in [3.63, 3.8) is 0 Å². The third-order valence-corrected chi connectivity index (χ3v) is 10.3. The van der Waals surface area contributed by atoms with Crippen LogP contribution in [0.25, 0.3) is 0 Å².